The van der Waals surface area contributed by atoms with E-state index >= 15 is 0 Å². The second kappa shape index (κ2) is 18.9. The summed E-state index contributed by atoms with van der Waals surface area (Å²) in [6.45, 7) is 22.5. The van der Waals surface area contributed by atoms with E-state index in [-0.39, 0.29) is 10.8 Å². The van der Waals surface area contributed by atoms with E-state index in [0.717, 1.165) is 72.8 Å². The van der Waals surface area contributed by atoms with Gasteiger partial charge in [-0.3, -0.25) is 4.57 Å². The fourth-order valence-electron chi connectivity index (χ4n) is 12.0. The van der Waals surface area contributed by atoms with Gasteiger partial charge in [0, 0.05) is 56.0 Å². The highest BCUT2D eigenvalue weighted by Gasteiger charge is 2.32. The molecule has 1 aliphatic rings. The summed E-state index contributed by atoms with van der Waals surface area (Å²) in [5.41, 5.74) is 16.0. The van der Waals surface area contributed by atoms with Crippen LogP contribution in [-0.4, -0.2) is 16.2 Å². The summed E-state index contributed by atoms with van der Waals surface area (Å²) in [7, 11) is 0. The van der Waals surface area contributed by atoms with Gasteiger partial charge in [-0.15, -0.1) is 11.3 Å². The van der Waals surface area contributed by atoms with Crippen molar-refractivity contribution in [2.45, 2.75) is 52.4 Å². The zero-order chi connectivity index (χ0) is 54.4. The molecule has 4 heterocycles. The van der Waals surface area contributed by atoms with E-state index < -0.39 is 0 Å². The first-order valence-corrected chi connectivity index (χ1v) is 28.2. The van der Waals surface area contributed by atoms with Gasteiger partial charge < -0.3 is 14.5 Å². The zero-order valence-electron chi connectivity index (χ0n) is 45.6. The number of para-hydroxylation sites is 3. The van der Waals surface area contributed by atoms with Crippen molar-refractivity contribution >= 4 is 92.5 Å². The molecule has 0 radical (unpaired) electrons. The SMILES string of the molecule is [C-]#[N+]c1cc(Oc2ccc3c4sc5c6ccccc6c6ccccc6c5c4n(-c4cc(C(C)(C)C)ccn4)c3c2)cc(N2CN(c3c(-c4cccc(-c5ccccc5)c4)cccc3-c3cccc(C(C)(C)C)c3)c3ccccc32)c1. The summed E-state index contributed by atoms with van der Waals surface area (Å²) in [4.78, 5) is 13.9. The monoisotopic (exact) mass is 1050 g/mol. The highest BCUT2D eigenvalue weighted by molar-refractivity contribution is 7.27. The van der Waals surface area contributed by atoms with Gasteiger partial charge in [-0.25, -0.2) is 9.83 Å². The fourth-order valence-corrected chi connectivity index (χ4v) is 13.4. The van der Waals surface area contributed by atoms with Gasteiger partial charge in [0.1, 0.15) is 24.0 Å². The minimum atomic E-state index is -0.0929. The van der Waals surface area contributed by atoms with Crippen LogP contribution in [0.5, 0.6) is 11.5 Å². The number of hydrogen-bond donors (Lipinski definition) is 0. The molecule has 386 valence electrons. The lowest BCUT2D eigenvalue weighted by molar-refractivity contribution is 0.483. The van der Waals surface area contributed by atoms with Crippen molar-refractivity contribution in [1.82, 2.24) is 9.55 Å². The molecule has 0 saturated heterocycles. The molecule has 10 aromatic carbocycles. The van der Waals surface area contributed by atoms with Crippen LogP contribution < -0.4 is 14.5 Å². The second-order valence-electron chi connectivity index (χ2n) is 23.1. The van der Waals surface area contributed by atoms with Gasteiger partial charge in [-0.05, 0) is 115 Å². The summed E-state index contributed by atoms with van der Waals surface area (Å²) in [5, 5.41) is 7.32. The van der Waals surface area contributed by atoms with E-state index in [4.69, 9.17) is 16.3 Å². The molecule has 0 saturated carbocycles. The van der Waals surface area contributed by atoms with E-state index in [1.54, 1.807) is 0 Å². The summed E-state index contributed by atoms with van der Waals surface area (Å²) in [6.07, 6.45) is 1.94. The zero-order valence-corrected chi connectivity index (χ0v) is 46.4. The minimum Gasteiger partial charge on any atom is -0.459 e. The smallest absolute Gasteiger partial charge is 0.192 e. The van der Waals surface area contributed by atoms with Crippen LogP contribution in [0.2, 0.25) is 0 Å². The van der Waals surface area contributed by atoms with Gasteiger partial charge in [0.05, 0.1) is 39.4 Å². The molecule has 13 aromatic rings. The van der Waals surface area contributed by atoms with E-state index in [2.05, 4.69) is 267 Å². The van der Waals surface area contributed by atoms with Crippen LogP contribution in [0.15, 0.2) is 225 Å². The van der Waals surface area contributed by atoms with Crippen LogP contribution in [0.25, 0.3) is 96.8 Å². The normalized spacial score (nSPS) is 12.8. The van der Waals surface area contributed by atoms with Crippen molar-refractivity contribution in [1.29, 1.82) is 0 Å². The van der Waals surface area contributed by atoms with Crippen molar-refractivity contribution in [2.24, 2.45) is 0 Å². The van der Waals surface area contributed by atoms with Gasteiger partial charge in [-0.2, -0.15) is 0 Å². The Balaban J connectivity index is 0.903. The van der Waals surface area contributed by atoms with Crippen LogP contribution >= 0.6 is 11.3 Å². The van der Waals surface area contributed by atoms with E-state index in [1.807, 2.05) is 29.7 Å². The lowest BCUT2D eigenvalue weighted by atomic mass is 9.85. The number of rotatable bonds is 8. The number of ether oxygens (including phenoxy) is 1. The van der Waals surface area contributed by atoms with Gasteiger partial charge >= 0.3 is 0 Å². The fraction of sp³-hybridized carbons (Fsp3) is 0.123. The molecule has 0 amide bonds. The van der Waals surface area contributed by atoms with Gasteiger partial charge in [0.15, 0.2) is 5.69 Å². The Hall–Kier alpha value is -9.48. The molecule has 80 heavy (non-hydrogen) atoms. The van der Waals surface area contributed by atoms with Crippen molar-refractivity contribution < 1.29 is 4.74 Å². The van der Waals surface area contributed by atoms with Crippen molar-refractivity contribution in [2.75, 3.05) is 16.5 Å². The number of hydrogen-bond acceptors (Lipinski definition) is 5. The summed E-state index contributed by atoms with van der Waals surface area (Å²) < 4.78 is 11.8. The lowest BCUT2D eigenvalue weighted by Crippen LogP contribution is -2.25. The Morgan fingerprint density at radius 2 is 1.10 bits per heavy atom. The molecule has 0 spiro atoms. The van der Waals surface area contributed by atoms with Crippen LogP contribution in [-0.2, 0) is 10.8 Å². The largest absolute Gasteiger partial charge is 0.459 e. The van der Waals surface area contributed by atoms with Gasteiger partial charge in [0.2, 0.25) is 0 Å². The Morgan fingerprint density at radius 3 is 1.84 bits per heavy atom. The molecule has 0 unspecified atom stereocenters. The maximum absolute atomic E-state index is 8.44. The standard InChI is InChI=1S/C73H57N5OS/c1-72(2,3)50-25-18-24-49(39-50)57-31-19-30-56(48-23-17-22-47(38-48)46-20-9-8-10-21-46)68(57)77-45-76(63-32-15-16-33-64(63)77)53-41-52(74-7)42-55(43-53)79-54-34-35-62-65(44-54)78(66-40-51(36-37-75-66)73(4,5)6)69-67-60-28-13-11-26-58(60)59-27-12-14-29-61(59)70(67)80-71(62)69/h8-44H,45H2,1-6H3. The summed E-state index contributed by atoms with van der Waals surface area (Å²) in [6, 6.07) is 78.2. The van der Waals surface area contributed by atoms with Gasteiger partial charge in [0.25, 0.3) is 0 Å². The highest BCUT2D eigenvalue weighted by Crippen LogP contribution is 2.53. The third kappa shape index (κ3) is 8.26. The predicted molar refractivity (Wildman–Crippen MR) is 337 cm³/mol. The van der Waals surface area contributed by atoms with Crippen LogP contribution in [0.4, 0.5) is 28.4 Å². The molecule has 6 nitrogen and oxygen atoms in total. The lowest BCUT2D eigenvalue weighted by Gasteiger charge is -2.28. The molecular formula is C73H57N5OS. The molecule has 0 N–H and O–H groups in total. The Kier molecular flexibility index (Phi) is 11.5. The number of benzene rings is 10. The predicted octanol–water partition coefficient (Wildman–Crippen LogP) is 20.9. The number of nitrogens with zero attached hydrogens (tertiary/aromatic N) is 5. The van der Waals surface area contributed by atoms with Crippen LogP contribution in [0.1, 0.15) is 52.7 Å². The van der Waals surface area contributed by atoms with E-state index in [1.165, 1.54) is 53.0 Å². The quantitative estimate of drug-likeness (QED) is 0.112. The third-order valence-electron chi connectivity index (χ3n) is 16.0. The van der Waals surface area contributed by atoms with Crippen molar-refractivity contribution in [3.63, 3.8) is 0 Å². The maximum Gasteiger partial charge on any atom is 0.192 e. The topological polar surface area (TPSA) is 37.9 Å². The molecular weight excluding hydrogens is 995 g/mol. The number of pyridine rings is 1. The number of fused-ring (bicyclic) bond motifs is 11. The number of thiophene rings is 1. The Morgan fingerprint density at radius 1 is 0.487 bits per heavy atom. The first-order valence-electron chi connectivity index (χ1n) is 27.4. The molecule has 0 aliphatic carbocycles. The summed E-state index contributed by atoms with van der Waals surface area (Å²) in [5.74, 6) is 2.11. The highest BCUT2D eigenvalue weighted by atomic mass is 32.1. The van der Waals surface area contributed by atoms with Crippen molar-refractivity contribution in [3.8, 4) is 50.7 Å². The van der Waals surface area contributed by atoms with E-state index in [9.17, 15) is 0 Å². The average molecular weight is 1050 g/mol. The molecule has 14 rings (SSSR count). The molecule has 0 bridgehead atoms. The maximum atomic E-state index is 8.44. The minimum absolute atomic E-state index is 0.0374. The summed E-state index contributed by atoms with van der Waals surface area (Å²) >= 11 is 1.85. The Labute approximate surface area is 470 Å². The number of anilines is 4. The number of aromatic nitrogens is 2. The Bertz CT molecular complexity index is 4660. The molecule has 7 heteroatoms. The molecule has 1 aliphatic heterocycles. The first-order chi connectivity index (χ1) is 38.9. The van der Waals surface area contributed by atoms with Crippen molar-refractivity contribution in [3.05, 3.63) is 247 Å². The molecule has 3 aromatic heterocycles. The molecule has 0 atom stereocenters. The first kappa shape index (κ1) is 48.9. The van der Waals surface area contributed by atoms with Gasteiger partial charge in [-0.1, -0.05) is 193 Å². The third-order valence-corrected chi connectivity index (χ3v) is 17.2. The van der Waals surface area contributed by atoms with E-state index in [0.29, 0.717) is 23.9 Å². The second-order valence-corrected chi connectivity index (χ2v) is 24.1. The average Bonchev–Trinajstić information content (AvgIpc) is 4.38. The van der Waals surface area contributed by atoms with Crippen LogP contribution in [0.3, 0.4) is 0 Å². The molecule has 0 fully saturated rings. The van der Waals surface area contributed by atoms with Crippen LogP contribution in [0, 0.1) is 6.57 Å².